The number of rotatable bonds is 4. The average Bonchev–Trinajstić information content (AvgIpc) is 2.83. The standard InChI is InChI=1S/C11H10N4O2/c16-15(17)11-5-3-9(4-6-11)14-13-8-10-2-1-7-12-10/h1-8,12,14H. The van der Waals surface area contributed by atoms with Crippen molar-refractivity contribution < 1.29 is 4.92 Å². The Kier molecular flexibility index (Phi) is 3.15. The highest BCUT2D eigenvalue weighted by molar-refractivity contribution is 5.77. The number of hydrogen-bond acceptors (Lipinski definition) is 4. The summed E-state index contributed by atoms with van der Waals surface area (Å²) in [5, 5.41) is 14.4. The van der Waals surface area contributed by atoms with Crippen LogP contribution < -0.4 is 5.43 Å². The number of hydrogen-bond donors (Lipinski definition) is 2. The van der Waals surface area contributed by atoms with Crippen molar-refractivity contribution in [3.63, 3.8) is 0 Å². The fourth-order valence-electron chi connectivity index (χ4n) is 1.26. The van der Waals surface area contributed by atoms with E-state index in [4.69, 9.17) is 0 Å². The fourth-order valence-corrected chi connectivity index (χ4v) is 1.26. The minimum Gasteiger partial charge on any atom is -0.360 e. The molecule has 0 amide bonds. The molecule has 86 valence electrons. The zero-order valence-electron chi connectivity index (χ0n) is 8.83. The molecule has 1 heterocycles. The summed E-state index contributed by atoms with van der Waals surface area (Å²) in [5.41, 5.74) is 4.40. The largest absolute Gasteiger partial charge is 0.360 e. The molecule has 0 aliphatic heterocycles. The van der Waals surface area contributed by atoms with E-state index in [1.807, 2.05) is 12.1 Å². The van der Waals surface area contributed by atoms with E-state index in [-0.39, 0.29) is 5.69 Å². The molecule has 1 aromatic carbocycles. The number of nitro benzene ring substituents is 1. The summed E-state index contributed by atoms with van der Waals surface area (Å²) < 4.78 is 0. The summed E-state index contributed by atoms with van der Waals surface area (Å²) in [6, 6.07) is 9.79. The average molecular weight is 230 g/mol. The van der Waals surface area contributed by atoms with Crippen LogP contribution in [0.4, 0.5) is 11.4 Å². The van der Waals surface area contributed by atoms with Crippen LogP contribution >= 0.6 is 0 Å². The van der Waals surface area contributed by atoms with Crippen LogP contribution in [0.2, 0.25) is 0 Å². The Morgan fingerprint density at radius 3 is 2.65 bits per heavy atom. The molecule has 0 atom stereocenters. The molecule has 2 rings (SSSR count). The summed E-state index contributed by atoms with van der Waals surface area (Å²) in [4.78, 5) is 13.0. The highest BCUT2D eigenvalue weighted by atomic mass is 16.6. The molecule has 1 aromatic heterocycles. The van der Waals surface area contributed by atoms with Gasteiger partial charge >= 0.3 is 0 Å². The molecule has 0 bridgehead atoms. The Hall–Kier alpha value is -2.63. The highest BCUT2D eigenvalue weighted by Crippen LogP contribution is 2.15. The van der Waals surface area contributed by atoms with E-state index in [9.17, 15) is 10.1 Å². The summed E-state index contributed by atoms with van der Waals surface area (Å²) in [7, 11) is 0. The summed E-state index contributed by atoms with van der Waals surface area (Å²) in [5.74, 6) is 0. The maximum absolute atomic E-state index is 10.4. The minimum absolute atomic E-state index is 0.0592. The normalized spacial score (nSPS) is 10.6. The van der Waals surface area contributed by atoms with Crippen molar-refractivity contribution in [3.05, 3.63) is 58.4 Å². The molecule has 2 N–H and O–H groups in total. The second kappa shape index (κ2) is 4.93. The maximum atomic E-state index is 10.4. The highest BCUT2D eigenvalue weighted by Gasteiger charge is 2.02. The number of nitrogens with zero attached hydrogens (tertiary/aromatic N) is 2. The SMILES string of the molecule is O=[N+]([O-])c1ccc(NN=Cc2ccc[nH]2)cc1. The second-order valence-corrected chi connectivity index (χ2v) is 3.30. The number of nitro groups is 1. The number of hydrazone groups is 1. The molecule has 0 saturated heterocycles. The number of aromatic nitrogens is 1. The van der Waals surface area contributed by atoms with Gasteiger partial charge in [0.1, 0.15) is 0 Å². The molecule has 17 heavy (non-hydrogen) atoms. The minimum atomic E-state index is -0.439. The van der Waals surface area contributed by atoms with Crippen LogP contribution in [0.25, 0.3) is 0 Å². The van der Waals surface area contributed by atoms with Crippen molar-refractivity contribution in [2.45, 2.75) is 0 Å². The topological polar surface area (TPSA) is 83.3 Å². The quantitative estimate of drug-likeness (QED) is 0.480. The van der Waals surface area contributed by atoms with Gasteiger partial charge in [-0.1, -0.05) is 0 Å². The van der Waals surface area contributed by atoms with Gasteiger partial charge in [-0.05, 0) is 24.3 Å². The lowest BCUT2D eigenvalue weighted by molar-refractivity contribution is -0.384. The molecule has 0 fully saturated rings. The van der Waals surface area contributed by atoms with Crippen LogP contribution in [0, 0.1) is 10.1 Å². The van der Waals surface area contributed by atoms with Gasteiger partial charge in [-0.3, -0.25) is 15.5 Å². The number of aromatic amines is 1. The number of nitrogens with one attached hydrogen (secondary N) is 2. The molecule has 0 saturated carbocycles. The van der Waals surface area contributed by atoms with Crippen LogP contribution in [0.5, 0.6) is 0 Å². The van der Waals surface area contributed by atoms with E-state index < -0.39 is 4.92 Å². The van der Waals surface area contributed by atoms with Gasteiger partial charge in [-0.15, -0.1) is 0 Å². The zero-order chi connectivity index (χ0) is 12.1. The van der Waals surface area contributed by atoms with Crippen molar-refractivity contribution >= 4 is 17.6 Å². The third-order valence-corrected chi connectivity index (χ3v) is 2.10. The Bertz CT molecular complexity index is 517. The van der Waals surface area contributed by atoms with Gasteiger partial charge < -0.3 is 4.98 Å². The van der Waals surface area contributed by atoms with Crippen molar-refractivity contribution in [2.24, 2.45) is 5.10 Å². The van der Waals surface area contributed by atoms with Crippen molar-refractivity contribution in [2.75, 3.05) is 5.43 Å². The molecular formula is C11H10N4O2. The number of non-ortho nitro benzene ring substituents is 1. The number of benzene rings is 1. The molecule has 6 heteroatoms. The first kappa shape index (κ1) is 10.9. The Morgan fingerprint density at radius 1 is 1.29 bits per heavy atom. The van der Waals surface area contributed by atoms with Gasteiger partial charge in [-0.25, -0.2) is 0 Å². The second-order valence-electron chi connectivity index (χ2n) is 3.30. The molecular weight excluding hydrogens is 220 g/mol. The van der Waals surface area contributed by atoms with Gasteiger partial charge in [0.05, 0.1) is 22.5 Å². The van der Waals surface area contributed by atoms with Crippen LogP contribution in [-0.2, 0) is 0 Å². The van der Waals surface area contributed by atoms with Crippen LogP contribution in [-0.4, -0.2) is 16.1 Å². The predicted molar refractivity (Wildman–Crippen MR) is 65.1 cm³/mol. The molecule has 0 unspecified atom stereocenters. The monoisotopic (exact) mass is 230 g/mol. The van der Waals surface area contributed by atoms with Gasteiger partial charge in [0.25, 0.3) is 5.69 Å². The van der Waals surface area contributed by atoms with Gasteiger partial charge in [0, 0.05) is 18.3 Å². The van der Waals surface area contributed by atoms with E-state index in [1.165, 1.54) is 12.1 Å². The lowest BCUT2D eigenvalue weighted by atomic mass is 10.3. The molecule has 0 spiro atoms. The first-order chi connectivity index (χ1) is 8.25. The van der Waals surface area contributed by atoms with E-state index in [0.29, 0.717) is 5.69 Å². The molecule has 0 aliphatic rings. The van der Waals surface area contributed by atoms with E-state index in [0.717, 1.165) is 5.69 Å². The van der Waals surface area contributed by atoms with E-state index in [2.05, 4.69) is 15.5 Å². The van der Waals surface area contributed by atoms with Crippen molar-refractivity contribution in [1.82, 2.24) is 4.98 Å². The Balaban J connectivity index is 1.97. The summed E-state index contributed by atoms with van der Waals surface area (Å²) in [6.07, 6.45) is 3.43. The number of anilines is 1. The number of H-pyrrole nitrogens is 1. The Morgan fingerprint density at radius 2 is 2.06 bits per heavy atom. The first-order valence-electron chi connectivity index (χ1n) is 4.92. The van der Waals surface area contributed by atoms with Crippen LogP contribution in [0.3, 0.4) is 0 Å². The molecule has 6 nitrogen and oxygen atoms in total. The lowest BCUT2D eigenvalue weighted by Crippen LogP contribution is -1.92. The van der Waals surface area contributed by atoms with Crippen molar-refractivity contribution in [1.29, 1.82) is 0 Å². The fraction of sp³-hybridized carbons (Fsp3) is 0. The predicted octanol–water partition coefficient (Wildman–Crippen LogP) is 2.37. The molecule has 2 aromatic rings. The van der Waals surface area contributed by atoms with E-state index in [1.54, 1.807) is 24.5 Å². The third kappa shape index (κ3) is 2.91. The van der Waals surface area contributed by atoms with Gasteiger partial charge in [0.15, 0.2) is 0 Å². The first-order valence-corrected chi connectivity index (χ1v) is 4.92. The zero-order valence-corrected chi connectivity index (χ0v) is 8.83. The van der Waals surface area contributed by atoms with Crippen molar-refractivity contribution in [3.8, 4) is 0 Å². The van der Waals surface area contributed by atoms with Gasteiger partial charge in [0.2, 0.25) is 0 Å². The van der Waals surface area contributed by atoms with Gasteiger partial charge in [-0.2, -0.15) is 5.10 Å². The van der Waals surface area contributed by atoms with E-state index >= 15 is 0 Å². The summed E-state index contributed by atoms with van der Waals surface area (Å²) >= 11 is 0. The molecule has 0 radical (unpaired) electrons. The smallest absolute Gasteiger partial charge is 0.269 e. The third-order valence-electron chi connectivity index (χ3n) is 2.10. The van der Waals surface area contributed by atoms with Crippen LogP contribution in [0.1, 0.15) is 5.69 Å². The lowest BCUT2D eigenvalue weighted by Gasteiger charge is -1.98. The Labute approximate surface area is 97.1 Å². The maximum Gasteiger partial charge on any atom is 0.269 e. The summed E-state index contributed by atoms with van der Waals surface area (Å²) in [6.45, 7) is 0. The van der Waals surface area contributed by atoms with Crippen LogP contribution in [0.15, 0.2) is 47.7 Å². The molecule has 0 aliphatic carbocycles.